The summed E-state index contributed by atoms with van der Waals surface area (Å²) in [6.07, 6.45) is 4.93. The predicted octanol–water partition coefficient (Wildman–Crippen LogP) is 3.72. The van der Waals surface area contributed by atoms with Gasteiger partial charge in [-0.15, -0.1) is 11.3 Å². The number of hydrogen-bond donors (Lipinski definition) is 0. The highest BCUT2D eigenvalue weighted by Gasteiger charge is 2.23. The van der Waals surface area contributed by atoms with Crippen molar-refractivity contribution in [3.8, 4) is 11.8 Å². The molecule has 0 aliphatic carbocycles. The number of anilines is 1. The average molecular weight is 479 g/mol. The molecule has 10 heteroatoms. The van der Waals surface area contributed by atoms with Crippen LogP contribution in [0.4, 0.5) is 5.82 Å². The van der Waals surface area contributed by atoms with Gasteiger partial charge in [-0.25, -0.2) is 19.9 Å². The second-order valence-electron chi connectivity index (χ2n) is 7.86. The maximum absolute atomic E-state index is 13.3. The highest BCUT2D eigenvalue weighted by Crippen LogP contribution is 2.35. The first-order valence-corrected chi connectivity index (χ1v) is 11.4. The van der Waals surface area contributed by atoms with Crippen molar-refractivity contribution in [1.82, 2.24) is 24.8 Å². The van der Waals surface area contributed by atoms with Crippen molar-refractivity contribution < 1.29 is 14.3 Å². The van der Waals surface area contributed by atoms with Gasteiger partial charge in [-0.05, 0) is 35.7 Å². The van der Waals surface area contributed by atoms with Gasteiger partial charge >= 0.3 is 0 Å². The van der Waals surface area contributed by atoms with E-state index in [2.05, 4.69) is 19.9 Å². The molecule has 0 aliphatic heterocycles. The molecule has 0 aromatic carbocycles. The van der Waals surface area contributed by atoms with Gasteiger partial charge in [-0.1, -0.05) is 0 Å². The van der Waals surface area contributed by atoms with Crippen LogP contribution in [0.15, 0.2) is 43.0 Å². The number of nitrogens with zero attached hydrogens (tertiary/aromatic N) is 6. The summed E-state index contributed by atoms with van der Waals surface area (Å²) in [5.41, 5.74) is 2.85. The third-order valence-electron chi connectivity index (χ3n) is 5.47. The van der Waals surface area contributed by atoms with E-state index in [-0.39, 0.29) is 5.91 Å². The van der Waals surface area contributed by atoms with E-state index in [1.165, 1.54) is 11.3 Å². The van der Waals surface area contributed by atoms with Crippen LogP contribution in [0.25, 0.3) is 10.2 Å². The molecule has 0 bridgehead atoms. The molecule has 4 rings (SSSR count). The molecule has 0 atom stereocenters. The topological polar surface area (TPSA) is 93.6 Å². The van der Waals surface area contributed by atoms with E-state index < -0.39 is 0 Å². The molecule has 0 fully saturated rings. The maximum Gasteiger partial charge on any atom is 0.264 e. The van der Waals surface area contributed by atoms with Crippen molar-refractivity contribution in [2.75, 3.05) is 33.2 Å². The fourth-order valence-corrected chi connectivity index (χ4v) is 4.87. The fraction of sp³-hybridized carbons (Fsp3) is 0.292. The Hall–Kier alpha value is -3.79. The number of methoxy groups -OCH3 is 2. The number of carbonyl (C=O) groups excluding carboxylic acids is 1. The molecule has 0 saturated heterocycles. The molecule has 176 valence electrons. The van der Waals surface area contributed by atoms with Gasteiger partial charge in [0.05, 0.1) is 24.5 Å². The number of hydrogen-bond acceptors (Lipinski definition) is 9. The van der Waals surface area contributed by atoms with Gasteiger partial charge in [0.1, 0.15) is 17.0 Å². The molecule has 4 aromatic heterocycles. The second kappa shape index (κ2) is 10.0. The Labute approximate surface area is 202 Å². The summed E-state index contributed by atoms with van der Waals surface area (Å²) in [5.74, 6) is 1.79. The highest BCUT2D eigenvalue weighted by molar-refractivity contribution is 7.20. The zero-order valence-electron chi connectivity index (χ0n) is 19.8. The maximum atomic E-state index is 13.3. The Morgan fingerprint density at radius 2 is 1.56 bits per heavy atom. The molecular weight excluding hydrogens is 452 g/mol. The summed E-state index contributed by atoms with van der Waals surface area (Å²) >= 11 is 1.39. The van der Waals surface area contributed by atoms with Crippen LogP contribution in [0, 0.1) is 6.92 Å². The summed E-state index contributed by atoms with van der Waals surface area (Å²) < 4.78 is 10.4. The van der Waals surface area contributed by atoms with Crippen molar-refractivity contribution >= 4 is 33.3 Å². The van der Waals surface area contributed by atoms with Crippen LogP contribution in [-0.4, -0.2) is 59.1 Å². The third kappa shape index (κ3) is 4.76. The van der Waals surface area contributed by atoms with Crippen LogP contribution in [0.1, 0.15) is 26.4 Å². The first kappa shape index (κ1) is 23.4. The van der Waals surface area contributed by atoms with Crippen molar-refractivity contribution in [3.05, 3.63) is 64.6 Å². The Morgan fingerprint density at radius 3 is 2.18 bits per heavy atom. The summed E-state index contributed by atoms with van der Waals surface area (Å²) in [6.45, 7) is 2.99. The number of carbonyl (C=O) groups is 1. The van der Waals surface area contributed by atoms with Crippen molar-refractivity contribution in [3.63, 3.8) is 0 Å². The zero-order chi connectivity index (χ0) is 24.2. The Kier molecular flexibility index (Phi) is 6.87. The molecular formula is C24H26N6O3S. The lowest BCUT2D eigenvalue weighted by molar-refractivity contribution is 0.0789. The van der Waals surface area contributed by atoms with E-state index in [0.717, 1.165) is 32.7 Å². The van der Waals surface area contributed by atoms with Crippen LogP contribution in [0.3, 0.4) is 0 Å². The fourth-order valence-electron chi connectivity index (χ4n) is 3.74. The SMILES string of the molecule is COc1cc(CN(C)C(=O)c2sc3ncnc(N(C)Cc4ccnc(OC)c4)c3c2C)ccn1. The minimum Gasteiger partial charge on any atom is -0.481 e. The lowest BCUT2D eigenvalue weighted by atomic mass is 10.1. The van der Waals surface area contributed by atoms with Crippen molar-refractivity contribution in [1.29, 1.82) is 0 Å². The second-order valence-corrected chi connectivity index (χ2v) is 8.86. The van der Waals surface area contributed by atoms with Gasteiger partial charge in [0, 0.05) is 51.7 Å². The van der Waals surface area contributed by atoms with Crippen LogP contribution in [0.5, 0.6) is 11.8 Å². The quantitative estimate of drug-likeness (QED) is 0.378. The predicted molar refractivity (Wildman–Crippen MR) is 132 cm³/mol. The molecule has 0 aliphatic rings. The number of thiophene rings is 1. The van der Waals surface area contributed by atoms with E-state index in [0.29, 0.717) is 29.7 Å². The van der Waals surface area contributed by atoms with E-state index in [1.807, 2.05) is 43.1 Å². The summed E-state index contributed by atoms with van der Waals surface area (Å²) in [7, 11) is 6.92. The highest BCUT2D eigenvalue weighted by atomic mass is 32.1. The minimum atomic E-state index is -0.0660. The number of amides is 1. The lowest BCUT2D eigenvalue weighted by Gasteiger charge is -2.20. The molecule has 0 unspecified atom stereocenters. The van der Waals surface area contributed by atoms with Gasteiger partial charge in [0.2, 0.25) is 11.8 Å². The Bertz CT molecular complexity index is 1330. The summed E-state index contributed by atoms with van der Waals surface area (Å²) in [5, 5.41) is 0.887. The van der Waals surface area contributed by atoms with Gasteiger partial charge < -0.3 is 19.3 Å². The normalized spacial score (nSPS) is 10.9. The van der Waals surface area contributed by atoms with Crippen LogP contribution in [-0.2, 0) is 13.1 Å². The molecule has 0 radical (unpaired) electrons. The smallest absolute Gasteiger partial charge is 0.264 e. The monoisotopic (exact) mass is 478 g/mol. The van der Waals surface area contributed by atoms with Crippen molar-refractivity contribution in [2.24, 2.45) is 0 Å². The molecule has 4 heterocycles. The number of aromatic nitrogens is 4. The Balaban J connectivity index is 1.60. The van der Waals surface area contributed by atoms with E-state index in [1.54, 1.807) is 44.9 Å². The van der Waals surface area contributed by atoms with Gasteiger partial charge in [-0.3, -0.25) is 4.79 Å². The molecule has 0 N–H and O–H groups in total. The number of fused-ring (bicyclic) bond motifs is 1. The molecule has 1 amide bonds. The average Bonchev–Trinajstić information content (AvgIpc) is 3.20. The van der Waals surface area contributed by atoms with E-state index >= 15 is 0 Å². The van der Waals surface area contributed by atoms with Crippen LogP contribution < -0.4 is 14.4 Å². The third-order valence-corrected chi connectivity index (χ3v) is 6.65. The number of aryl methyl sites for hydroxylation is 1. The number of ether oxygens (including phenoxy) is 2. The summed E-state index contributed by atoms with van der Waals surface area (Å²) in [4.78, 5) is 35.8. The van der Waals surface area contributed by atoms with Crippen molar-refractivity contribution in [2.45, 2.75) is 20.0 Å². The van der Waals surface area contributed by atoms with Gasteiger partial charge in [-0.2, -0.15) is 0 Å². The van der Waals surface area contributed by atoms with E-state index in [9.17, 15) is 4.79 Å². The minimum absolute atomic E-state index is 0.0660. The molecule has 0 spiro atoms. The molecule has 0 saturated carbocycles. The van der Waals surface area contributed by atoms with E-state index in [4.69, 9.17) is 9.47 Å². The van der Waals surface area contributed by atoms with Crippen LogP contribution in [0.2, 0.25) is 0 Å². The van der Waals surface area contributed by atoms with Crippen LogP contribution >= 0.6 is 11.3 Å². The standard InChI is InChI=1S/C24H26N6O3S/c1-15-20-22(29(2)12-16-6-8-25-18(10-16)32-4)27-14-28-23(20)34-21(15)24(31)30(3)13-17-7-9-26-19(11-17)33-5/h6-11,14H,12-13H2,1-5H3. The number of rotatable bonds is 8. The van der Waals surface area contributed by atoms with Gasteiger partial charge in [0.15, 0.2) is 0 Å². The Morgan fingerprint density at radius 1 is 0.941 bits per heavy atom. The molecule has 9 nitrogen and oxygen atoms in total. The summed E-state index contributed by atoms with van der Waals surface area (Å²) in [6, 6.07) is 7.54. The lowest BCUT2D eigenvalue weighted by Crippen LogP contribution is -2.26. The first-order valence-electron chi connectivity index (χ1n) is 10.6. The molecule has 34 heavy (non-hydrogen) atoms. The number of pyridine rings is 2. The first-order chi connectivity index (χ1) is 16.4. The largest absolute Gasteiger partial charge is 0.481 e. The zero-order valence-corrected chi connectivity index (χ0v) is 20.6. The molecule has 4 aromatic rings. The van der Waals surface area contributed by atoms with Gasteiger partial charge in [0.25, 0.3) is 5.91 Å².